The van der Waals surface area contributed by atoms with Crippen molar-refractivity contribution in [2.24, 2.45) is 5.73 Å². The first-order valence-electron chi connectivity index (χ1n) is 4.99. The monoisotopic (exact) mass is 210 g/mol. The number of nitrogens with two attached hydrogens (primary N) is 1. The first-order valence-corrected chi connectivity index (χ1v) is 4.99. The molecule has 82 valence electrons. The highest BCUT2D eigenvalue weighted by Crippen LogP contribution is 2.19. The first-order chi connectivity index (χ1) is 7.19. The van der Waals surface area contributed by atoms with Crippen molar-refractivity contribution in [3.63, 3.8) is 0 Å². The molecular formula is C11H15FN2O. The highest BCUT2D eigenvalue weighted by atomic mass is 19.1. The van der Waals surface area contributed by atoms with Gasteiger partial charge in [0.05, 0.1) is 7.11 Å². The van der Waals surface area contributed by atoms with E-state index < -0.39 is 0 Å². The molecule has 2 N–H and O–H groups in total. The highest BCUT2D eigenvalue weighted by Gasteiger charge is 2.22. The molecule has 1 aromatic rings. The maximum Gasteiger partial charge on any atom is 0.165 e. The second-order valence-corrected chi connectivity index (χ2v) is 3.92. The molecule has 4 heteroatoms. The maximum absolute atomic E-state index is 13.3. The summed E-state index contributed by atoms with van der Waals surface area (Å²) in [7, 11) is 1.46. The molecule has 0 spiro atoms. The van der Waals surface area contributed by atoms with Gasteiger partial charge >= 0.3 is 0 Å². The zero-order chi connectivity index (χ0) is 10.8. The van der Waals surface area contributed by atoms with Crippen molar-refractivity contribution < 1.29 is 9.13 Å². The third kappa shape index (κ3) is 2.27. The van der Waals surface area contributed by atoms with Crippen LogP contribution in [0.1, 0.15) is 5.56 Å². The van der Waals surface area contributed by atoms with Crippen LogP contribution in [0.15, 0.2) is 18.2 Å². The van der Waals surface area contributed by atoms with Crippen molar-refractivity contribution in [3.05, 3.63) is 29.6 Å². The average molecular weight is 210 g/mol. The van der Waals surface area contributed by atoms with Crippen LogP contribution in [0, 0.1) is 5.82 Å². The standard InChI is InChI=1S/C11H15FN2O/c1-15-11-3-2-8(4-10(11)12)5-14-6-9(13)7-14/h2-4,9H,5-7,13H2,1H3. The van der Waals surface area contributed by atoms with Crippen LogP contribution in [0.25, 0.3) is 0 Å². The topological polar surface area (TPSA) is 38.5 Å². The lowest BCUT2D eigenvalue weighted by Crippen LogP contribution is -2.54. The van der Waals surface area contributed by atoms with E-state index in [-0.39, 0.29) is 11.9 Å². The summed E-state index contributed by atoms with van der Waals surface area (Å²) in [6.45, 7) is 2.55. The van der Waals surface area contributed by atoms with E-state index in [9.17, 15) is 4.39 Å². The molecule has 0 bridgehead atoms. The zero-order valence-corrected chi connectivity index (χ0v) is 8.74. The minimum absolute atomic E-state index is 0.285. The molecule has 0 aliphatic carbocycles. The third-order valence-electron chi connectivity index (χ3n) is 2.61. The number of nitrogens with zero attached hydrogens (tertiary/aromatic N) is 1. The van der Waals surface area contributed by atoms with Gasteiger partial charge in [0.15, 0.2) is 11.6 Å². The molecule has 0 amide bonds. The summed E-state index contributed by atoms with van der Waals surface area (Å²) in [4.78, 5) is 2.19. The van der Waals surface area contributed by atoms with Crippen molar-refractivity contribution in [1.82, 2.24) is 4.90 Å². The summed E-state index contributed by atoms with van der Waals surface area (Å²) in [5.74, 6) is -0.0149. The van der Waals surface area contributed by atoms with Gasteiger partial charge in [-0.15, -0.1) is 0 Å². The molecule has 2 rings (SSSR count). The van der Waals surface area contributed by atoms with E-state index in [0.717, 1.165) is 25.2 Å². The lowest BCUT2D eigenvalue weighted by Gasteiger charge is -2.36. The molecule has 1 fully saturated rings. The number of rotatable bonds is 3. The van der Waals surface area contributed by atoms with Gasteiger partial charge < -0.3 is 10.5 Å². The van der Waals surface area contributed by atoms with E-state index in [0.29, 0.717) is 5.75 Å². The van der Waals surface area contributed by atoms with Crippen LogP contribution in [0.5, 0.6) is 5.75 Å². The highest BCUT2D eigenvalue weighted by molar-refractivity contribution is 5.29. The Morgan fingerprint density at radius 3 is 2.80 bits per heavy atom. The molecule has 0 atom stereocenters. The van der Waals surface area contributed by atoms with Gasteiger partial charge in [-0.25, -0.2) is 4.39 Å². The number of ether oxygens (including phenoxy) is 1. The Labute approximate surface area is 88.6 Å². The Kier molecular flexibility index (Phi) is 2.88. The molecule has 0 unspecified atom stereocenters. The van der Waals surface area contributed by atoms with E-state index in [2.05, 4.69) is 4.90 Å². The minimum atomic E-state index is -0.306. The zero-order valence-electron chi connectivity index (χ0n) is 8.74. The SMILES string of the molecule is COc1ccc(CN2CC(N)C2)cc1F. The van der Waals surface area contributed by atoms with Crippen molar-refractivity contribution >= 4 is 0 Å². The summed E-state index contributed by atoms with van der Waals surface area (Å²) in [5.41, 5.74) is 6.62. The van der Waals surface area contributed by atoms with Gasteiger partial charge in [-0.1, -0.05) is 6.07 Å². The predicted octanol–water partition coefficient (Wildman–Crippen LogP) is 0.977. The van der Waals surface area contributed by atoms with Gasteiger partial charge in [0.25, 0.3) is 0 Å². The van der Waals surface area contributed by atoms with Crippen LogP contribution >= 0.6 is 0 Å². The van der Waals surface area contributed by atoms with Crippen molar-refractivity contribution in [1.29, 1.82) is 0 Å². The second kappa shape index (κ2) is 4.16. The lowest BCUT2D eigenvalue weighted by molar-refractivity contribution is 0.142. The average Bonchev–Trinajstić information content (AvgIpc) is 2.16. The van der Waals surface area contributed by atoms with Crippen LogP contribution in [0.3, 0.4) is 0 Å². The van der Waals surface area contributed by atoms with Crippen LogP contribution in [-0.4, -0.2) is 31.1 Å². The van der Waals surface area contributed by atoms with Gasteiger partial charge in [-0.2, -0.15) is 0 Å². The van der Waals surface area contributed by atoms with Gasteiger partial charge in [-0.05, 0) is 17.7 Å². The normalized spacial score (nSPS) is 17.5. The molecule has 15 heavy (non-hydrogen) atoms. The molecule has 1 saturated heterocycles. The number of benzene rings is 1. The molecular weight excluding hydrogens is 195 g/mol. The van der Waals surface area contributed by atoms with Crippen LogP contribution in [-0.2, 0) is 6.54 Å². The van der Waals surface area contributed by atoms with E-state index in [4.69, 9.17) is 10.5 Å². The van der Waals surface area contributed by atoms with Gasteiger partial charge in [0, 0.05) is 25.7 Å². The van der Waals surface area contributed by atoms with Gasteiger partial charge in [-0.3, -0.25) is 4.90 Å². The fourth-order valence-electron chi connectivity index (χ4n) is 1.81. The van der Waals surface area contributed by atoms with Crippen LogP contribution in [0.2, 0.25) is 0 Å². The molecule has 1 aliphatic heterocycles. The van der Waals surface area contributed by atoms with E-state index in [1.807, 2.05) is 6.07 Å². The second-order valence-electron chi connectivity index (χ2n) is 3.92. The van der Waals surface area contributed by atoms with E-state index in [1.54, 1.807) is 6.07 Å². The third-order valence-corrected chi connectivity index (χ3v) is 2.61. The summed E-state index contributed by atoms with van der Waals surface area (Å²) in [6.07, 6.45) is 0. The number of hydrogen-bond acceptors (Lipinski definition) is 3. The predicted molar refractivity (Wildman–Crippen MR) is 56.2 cm³/mol. The molecule has 3 nitrogen and oxygen atoms in total. The molecule has 1 heterocycles. The summed E-state index contributed by atoms with van der Waals surface area (Å²) >= 11 is 0. The largest absolute Gasteiger partial charge is 0.494 e. The first kappa shape index (κ1) is 10.4. The molecule has 0 aromatic heterocycles. The van der Waals surface area contributed by atoms with Gasteiger partial charge in [0.2, 0.25) is 0 Å². The fourth-order valence-corrected chi connectivity index (χ4v) is 1.81. The number of likely N-dealkylation sites (tertiary alicyclic amines) is 1. The Morgan fingerprint density at radius 2 is 2.27 bits per heavy atom. The fraction of sp³-hybridized carbons (Fsp3) is 0.455. The maximum atomic E-state index is 13.3. The van der Waals surface area contributed by atoms with Crippen molar-refractivity contribution in [2.45, 2.75) is 12.6 Å². The quantitative estimate of drug-likeness (QED) is 0.808. The number of hydrogen-bond donors (Lipinski definition) is 1. The van der Waals surface area contributed by atoms with Crippen molar-refractivity contribution in [3.8, 4) is 5.75 Å². The molecule has 1 aromatic carbocycles. The number of methoxy groups -OCH3 is 1. The Balaban J connectivity index is 2.00. The van der Waals surface area contributed by atoms with E-state index in [1.165, 1.54) is 13.2 Å². The smallest absolute Gasteiger partial charge is 0.165 e. The van der Waals surface area contributed by atoms with Crippen molar-refractivity contribution in [2.75, 3.05) is 20.2 Å². The summed E-state index contributed by atoms with van der Waals surface area (Å²) in [6, 6.07) is 5.34. The molecule has 0 radical (unpaired) electrons. The number of halogens is 1. The molecule has 1 aliphatic rings. The van der Waals surface area contributed by atoms with Gasteiger partial charge in [0.1, 0.15) is 0 Å². The lowest BCUT2D eigenvalue weighted by atomic mass is 10.1. The Bertz CT molecular complexity index is 350. The Hall–Kier alpha value is -1.13. The molecule has 0 saturated carbocycles. The Morgan fingerprint density at radius 1 is 1.53 bits per heavy atom. The summed E-state index contributed by atoms with van der Waals surface area (Å²) < 4.78 is 18.2. The van der Waals surface area contributed by atoms with Crippen LogP contribution < -0.4 is 10.5 Å². The summed E-state index contributed by atoms with van der Waals surface area (Å²) in [5, 5.41) is 0. The minimum Gasteiger partial charge on any atom is -0.494 e. The van der Waals surface area contributed by atoms with E-state index >= 15 is 0 Å². The van der Waals surface area contributed by atoms with Crippen LogP contribution in [0.4, 0.5) is 4.39 Å².